The Morgan fingerprint density at radius 1 is 1.03 bits per heavy atom. The van der Waals surface area contributed by atoms with Crippen molar-refractivity contribution in [2.75, 3.05) is 24.1 Å². The Labute approximate surface area is 206 Å². The van der Waals surface area contributed by atoms with Gasteiger partial charge in [0.25, 0.3) is 0 Å². The van der Waals surface area contributed by atoms with Crippen molar-refractivity contribution < 1.29 is 12.8 Å². The van der Waals surface area contributed by atoms with E-state index in [-0.39, 0.29) is 11.9 Å². The quantitative estimate of drug-likeness (QED) is 0.420. The molecule has 2 N–H and O–H groups in total. The molecule has 0 spiro atoms. The summed E-state index contributed by atoms with van der Waals surface area (Å²) in [6, 6.07) is 20.7. The zero-order valence-corrected chi connectivity index (χ0v) is 20.7. The van der Waals surface area contributed by atoms with Gasteiger partial charge in [0, 0.05) is 42.9 Å². The number of nitrogens with zero attached hydrogens (tertiary/aromatic N) is 1. The van der Waals surface area contributed by atoms with Gasteiger partial charge in [-0.05, 0) is 71.5 Å². The third-order valence-corrected chi connectivity index (χ3v) is 6.89. The molecule has 0 aliphatic carbocycles. The van der Waals surface area contributed by atoms with Crippen molar-refractivity contribution in [1.29, 1.82) is 0 Å². The lowest BCUT2D eigenvalue weighted by atomic mass is 9.90. The molecule has 0 radical (unpaired) electrons. The molecule has 0 saturated heterocycles. The first-order valence-electron chi connectivity index (χ1n) is 11.3. The molecule has 0 fully saturated rings. The van der Waals surface area contributed by atoms with E-state index in [2.05, 4.69) is 27.1 Å². The van der Waals surface area contributed by atoms with Crippen molar-refractivity contribution >= 4 is 27.3 Å². The second-order valence-electron chi connectivity index (χ2n) is 8.82. The van der Waals surface area contributed by atoms with Gasteiger partial charge in [-0.25, -0.2) is 12.8 Å². The Bertz CT molecular complexity index is 1240. The first kappa shape index (κ1) is 24.7. The fraction of sp³-hybridized carbons (Fsp3) is 0.308. The van der Waals surface area contributed by atoms with E-state index in [1.54, 1.807) is 12.1 Å². The molecule has 1 aliphatic rings. The van der Waals surface area contributed by atoms with Gasteiger partial charge in [-0.3, -0.25) is 9.62 Å². The van der Waals surface area contributed by atoms with Gasteiger partial charge in [-0.2, -0.15) is 0 Å². The summed E-state index contributed by atoms with van der Waals surface area (Å²) in [5, 5.41) is 4.19. The van der Waals surface area contributed by atoms with Crippen molar-refractivity contribution in [1.82, 2.24) is 10.2 Å². The lowest BCUT2D eigenvalue weighted by Gasteiger charge is -2.37. The van der Waals surface area contributed by atoms with E-state index in [4.69, 9.17) is 11.6 Å². The van der Waals surface area contributed by atoms with Crippen molar-refractivity contribution in [3.05, 3.63) is 99.8 Å². The Balaban J connectivity index is 1.39. The fourth-order valence-corrected chi connectivity index (χ4v) is 5.12. The molecule has 5 nitrogen and oxygen atoms in total. The third kappa shape index (κ3) is 7.03. The molecule has 0 saturated carbocycles. The summed E-state index contributed by atoms with van der Waals surface area (Å²) in [7, 11) is -3.30. The molecule has 34 heavy (non-hydrogen) atoms. The van der Waals surface area contributed by atoms with Crippen LogP contribution >= 0.6 is 11.6 Å². The van der Waals surface area contributed by atoms with Crippen LogP contribution < -0.4 is 10.0 Å². The van der Waals surface area contributed by atoms with Gasteiger partial charge < -0.3 is 5.32 Å². The summed E-state index contributed by atoms with van der Waals surface area (Å²) in [6.45, 7) is 3.04. The number of anilines is 1. The number of sulfonamides is 1. The molecule has 0 amide bonds. The second-order valence-corrected chi connectivity index (χ2v) is 11.0. The maximum Gasteiger partial charge on any atom is 0.229 e. The second kappa shape index (κ2) is 10.9. The molecule has 4 rings (SSSR count). The molecular weight excluding hydrogens is 473 g/mol. The van der Waals surface area contributed by atoms with E-state index < -0.39 is 10.0 Å². The van der Waals surface area contributed by atoms with E-state index in [0.717, 1.165) is 54.9 Å². The van der Waals surface area contributed by atoms with Crippen molar-refractivity contribution in [3.8, 4) is 0 Å². The Morgan fingerprint density at radius 2 is 1.82 bits per heavy atom. The smallest absolute Gasteiger partial charge is 0.229 e. The number of hydrogen-bond donors (Lipinski definition) is 2. The van der Waals surface area contributed by atoms with Gasteiger partial charge in [-0.1, -0.05) is 41.9 Å². The minimum Gasteiger partial charge on any atom is -0.311 e. The van der Waals surface area contributed by atoms with Gasteiger partial charge in [0.1, 0.15) is 5.82 Å². The number of hydrogen-bond acceptors (Lipinski definition) is 4. The highest BCUT2D eigenvalue weighted by Crippen LogP contribution is 2.26. The van der Waals surface area contributed by atoms with Crippen molar-refractivity contribution in [2.24, 2.45) is 0 Å². The van der Waals surface area contributed by atoms with Crippen LogP contribution in [-0.2, 0) is 36.0 Å². The monoisotopic (exact) mass is 501 g/mol. The summed E-state index contributed by atoms with van der Waals surface area (Å²) in [5.41, 5.74) is 5.03. The van der Waals surface area contributed by atoms with Gasteiger partial charge >= 0.3 is 0 Å². The topological polar surface area (TPSA) is 61.4 Å². The standard InChI is InChI=1S/C26H29ClFN3O2S/c1-34(32,33)30-25-4-2-3-20(13-25)17-29-11-12-31-18-21-7-10-24(28)15-22(21)16-26(31)14-19-5-8-23(27)9-6-19/h2-10,13,15,26,29-30H,11-12,14,16-18H2,1H3. The zero-order chi connectivity index (χ0) is 24.1. The predicted molar refractivity (Wildman–Crippen MR) is 136 cm³/mol. The third-order valence-electron chi connectivity index (χ3n) is 6.03. The minimum atomic E-state index is -3.30. The molecule has 1 heterocycles. The van der Waals surface area contributed by atoms with Crippen LogP contribution in [-0.4, -0.2) is 38.7 Å². The molecular formula is C26H29ClFN3O2S. The van der Waals surface area contributed by atoms with E-state index in [1.807, 2.05) is 36.4 Å². The Morgan fingerprint density at radius 3 is 2.59 bits per heavy atom. The highest BCUT2D eigenvalue weighted by Gasteiger charge is 2.26. The molecule has 0 bridgehead atoms. The van der Waals surface area contributed by atoms with Gasteiger partial charge in [-0.15, -0.1) is 0 Å². The normalized spacial score (nSPS) is 16.3. The minimum absolute atomic E-state index is 0.188. The summed E-state index contributed by atoms with van der Waals surface area (Å²) in [5.74, 6) is -0.188. The number of nitrogens with one attached hydrogen (secondary N) is 2. The molecule has 3 aromatic rings. The number of halogens is 2. The van der Waals surface area contributed by atoms with E-state index >= 15 is 0 Å². The van der Waals surface area contributed by atoms with E-state index in [9.17, 15) is 12.8 Å². The Hall–Kier alpha value is -2.45. The molecule has 0 aromatic heterocycles. The summed E-state index contributed by atoms with van der Waals surface area (Å²) in [6.07, 6.45) is 2.81. The lowest BCUT2D eigenvalue weighted by Crippen LogP contribution is -2.44. The predicted octanol–water partition coefficient (Wildman–Crippen LogP) is 4.61. The molecule has 8 heteroatoms. The van der Waals surface area contributed by atoms with Crippen LogP contribution in [0.1, 0.15) is 22.3 Å². The maximum atomic E-state index is 13.8. The average molecular weight is 502 g/mol. The number of fused-ring (bicyclic) bond motifs is 1. The number of benzene rings is 3. The highest BCUT2D eigenvalue weighted by molar-refractivity contribution is 7.92. The van der Waals surface area contributed by atoms with Crippen molar-refractivity contribution in [2.45, 2.75) is 32.0 Å². The molecule has 3 aromatic carbocycles. The van der Waals surface area contributed by atoms with Crippen LogP contribution in [0.15, 0.2) is 66.7 Å². The van der Waals surface area contributed by atoms with Crippen molar-refractivity contribution in [3.63, 3.8) is 0 Å². The van der Waals surface area contributed by atoms with Crippen LogP contribution in [0, 0.1) is 5.82 Å². The maximum absolute atomic E-state index is 13.8. The summed E-state index contributed by atoms with van der Waals surface area (Å²) in [4.78, 5) is 2.45. The van der Waals surface area contributed by atoms with Gasteiger partial charge in [0.05, 0.1) is 6.26 Å². The van der Waals surface area contributed by atoms with Crippen LogP contribution in [0.25, 0.3) is 0 Å². The van der Waals surface area contributed by atoms with Crippen LogP contribution in [0.2, 0.25) is 5.02 Å². The summed E-state index contributed by atoms with van der Waals surface area (Å²) >= 11 is 6.05. The largest absolute Gasteiger partial charge is 0.311 e. The average Bonchev–Trinajstić information content (AvgIpc) is 2.77. The van der Waals surface area contributed by atoms with E-state index in [1.165, 1.54) is 17.2 Å². The molecule has 180 valence electrons. The van der Waals surface area contributed by atoms with Crippen LogP contribution in [0.4, 0.5) is 10.1 Å². The zero-order valence-electron chi connectivity index (χ0n) is 19.1. The highest BCUT2D eigenvalue weighted by atomic mass is 35.5. The van der Waals surface area contributed by atoms with Gasteiger partial charge in [0.2, 0.25) is 10.0 Å². The first-order valence-corrected chi connectivity index (χ1v) is 13.6. The summed E-state index contributed by atoms with van der Waals surface area (Å²) < 4.78 is 39.3. The SMILES string of the molecule is CS(=O)(=O)Nc1cccc(CNCCN2Cc3ccc(F)cc3CC2Cc2ccc(Cl)cc2)c1. The molecule has 1 unspecified atom stereocenters. The van der Waals surface area contributed by atoms with Crippen LogP contribution in [0.5, 0.6) is 0 Å². The molecule has 1 aliphatic heterocycles. The Kier molecular flexibility index (Phi) is 7.88. The number of rotatable bonds is 9. The van der Waals surface area contributed by atoms with Gasteiger partial charge in [0.15, 0.2) is 0 Å². The fourth-order valence-electron chi connectivity index (χ4n) is 4.44. The van der Waals surface area contributed by atoms with E-state index in [0.29, 0.717) is 12.2 Å². The molecule has 1 atom stereocenters. The van der Waals surface area contributed by atoms with Crippen LogP contribution in [0.3, 0.4) is 0 Å². The first-order chi connectivity index (χ1) is 16.2. The lowest BCUT2D eigenvalue weighted by molar-refractivity contribution is 0.170.